The van der Waals surface area contributed by atoms with E-state index < -0.39 is 11.4 Å². The Hall–Kier alpha value is -2.04. The second-order valence-corrected chi connectivity index (χ2v) is 5.35. The van der Waals surface area contributed by atoms with Crippen molar-refractivity contribution in [3.63, 3.8) is 0 Å². The number of benzene rings is 1. The maximum absolute atomic E-state index is 11.9. The zero-order valence-corrected chi connectivity index (χ0v) is 12.5. The lowest BCUT2D eigenvalue weighted by molar-refractivity contribution is -0.129. The molecule has 0 aliphatic heterocycles. The number of rotatable bonds is 5. The number of hydrogen-bond donors (Lipinski definition) is 0. The van der Waals surface area contributed by atoms with Crippen LogP contribution in [-0.2, 0) is 9.53 Å². The minimum atomic E-state index is -0.584. The van der Waals surface area contributed by atoms with Gasteiger partial charge in [-0.15, -0.1) is 0 Å². The lowest BCUT2D eigenvalue weighted by atomic mass is 9.91. The first-order valence-corrected chi connectivity index (χ1v) is 6.21. The lowest BCUT2D eigenvalue weighted by Crippen LogP contribution is -2.26. The molecule has 0 fully saturated rings. The van der Waals surface area contributed by atoms with Crippen molar-refractivity contribution in [2.75, 3.05) is 20.8 Å². The second kappa shape index (κ2) is 6.41. The minimum absolute atomic E-state index is 0.138. The van der Waals surface area contributed by atoms with Crippen molar-refractivity contribution in [2.45, 2.75) is 20.8 Å². The number of carbonyl (C=O) groups excluding carboxylic acids is 2. The van der Waals surface area contributed by atoms with E-state index in [9.17, 15) is 9.59 Å². The molecule has 0 saturated carbocycles. The maximum Gasteiger partial charge on any atom is 0.338 e. The van der Waals surface area contributed by atoms with Crippen LogP contribution in [0.5, 0.6) is 11.5 Å². The number of ether oxygens (including phenoxy) is 3. The number of hydrogen-bond acceptors (Lipinski definition) is 5. The molecule has 0 spiro atoms. The highest BCUT2D eigenvalue weighted by atomic mass is 16.5. The normalized spacial score (nSPS) is 10.8. The number of methoxy groups -OCH3 is 2. The maximum atomic E-state index is 11.9. The number of ketones is 1. The Morgan fingerprint density at radius 1 is 1.00 bits per heavy atom. The predicted molar refractivity (Wildman–Crippen MR) is 74.3 cm³/mol. The van der Waals surface area contributed by atoms with Gasteiger partial charge in [0.05, 0.1) is 19.8 Å². The molecule has 0 amide bonds. The summed E-state index contributed by atoms with van der Waals surface area (Å²) in [5, 5.41) is 0. The van der Waals surface area contributed by atoms with Crippen molar-refractivity contribution < 1.29 is 23.8 Å². The molecule has 0 heterocycles. The van der Waals surface area contributed by atoms with Crippen LogP contribution in [0.25, 0.3) is 0 Å². The first kappa shape index (κ1) is 16.0. The largest absolute Gasteiger partial charge is 0.497 e. The molecule has 1 aromatic rings. The van der Waals surface area contributed by atoms with E-state index in [0.29, 0.717) is 11.5 Å². The molecule has 5 heteroatoms. The highest BCUT2D eigenvalue weighted by molar-refractivity contribution is 5.93. The zero-order valence-electron chi connectivity index (χ0n) is 12.5. The molecular formula is C15H20O5. The summed E-state index contributed by atoms with van der Waals surface area (Å²) in [6, 6.07) is 4.72. The molecule has 0 radical (unpaired) electrons. The van der Waals surface area contributed by atoms with Gasteiger partial charge in [-0.1, -0.05) is 20.8 Å². The van der Waals surface area contributed by atoms with Crippen LogP contribution in [0.4, 0.5) is 0 Å². The zero-order chi connectivity index (χ0) is 15.3. The monoisotopic (exact) mass is 280 g/mol. The molecule has 0 aliphatic rings. The highest BCUT2D eigenvalue weighted by Gasteiger charge is 2.23. The third kappa shape index (κ3) is 4.26. The molecule has 1 aromatic carbocycles. The second-order valence-electron chi connectivity index (χ2n) is 5.35. The summed E-state index contributed by atoms with van der Waals surface area (Å²) in [5.74, 6) is 0.248. The number of esters is 1. The summed E-state index contributed by atoms with van der Waals surface area (Å²) >= 11 is 0. The van der Waals surface area contributed by atoms with Crippen LogP contribution in [0.15, 0.2) is 18.2 Å². The lowest BCUT2D eigenvalue weighted by Gasteiger charge is -2.16. The van der Waals surface area contributed by atoms with E-state index in [4.69, 9.17) is 14.2 Å². The highest BCUT2D eigenvalue weighted by Crippen LogP contribution is 2.23. The van der Waals surface area contributed by atoms with E-state index in [1.165, 1.54) is 26.4 Å². The molecule has 0 N–H and O–H groups in total. The van der Waals surface area contributed by atoms with Gasteiger partial charge in [0.25, 0.3) is 0 Å². The molecule has 5 nitrogen and oxygen atoms in total. The van der Waals surface area contributed by atoms with E-state index in [0.717, 1.165) is 0 Å². The molecule has 1 rings (SSSR count). The van der Waals surface area contributed by atoms with Gasteiger partial charge >= 0.3 is 5.97 Å². The molecular weight excluding hydrogens is 260 g/mol. The Balaban J connectivity index is 2.80. The summed E-state index contributed by atoms with van der Waals surface area (Å²) in [6.07, 6.45) is 0. The van der Waals surface area contributed by atoms with Crippen LogP contribution < -0.4 is 9.47 Å². The third-order valence-electron chi connectivity index (χ3n) is 2.76. The first-order chi connectivity index (χ1) is 9.27. The van der Waals surface area contributed by atoms with Crippen molar-refractivity contribution in [3.8, 4) is 11.5 Å². The molecule has 0 saturated heterocycles. The van der Waals surface area contributed by atoms with Crippen LogP contribution in [0.2, 0.25) is 0 Å². The minimum Gasteiger partial charge on any atom is -0.497 e. The fourth-order valence-corrected chi connectivity index (χ4v) is 1.36. The van der Waals surface area contributed by atoms with E-state index in [2.05, 4.69) is 0 Å². The smallest absolute Gasteiger partial charge is 0.338 e. The van der Waals surface area contributed by atoms with Crippen molar-refractivity contribution in [1.29, 1.82) is 0 Å². The molecule has 0 unspecified atom stereocenters. The van der Waals surface area contributed by atoms with E-state index in [-0.39, 0.29) is 18.0 Å². The molecule has 0 aromatic heterocycles. The fourth-order valence-electron chi connectivity index (χ4n) is 1.36. The molecule has 0 aliphatic carbocycles. The predicted octanol–water partition coefficient (Wildman–Crippen LogP) is 2.48. The molecule has 110 valence electrons. The van der Waals surface area contributed by atoms with Gasteiger partial charge in [-0.2, -0.15) is 0 Å². The van der Waals surface area contributed by atoms with Crippen LogP contribution in [0.1, 0.15) is 31.1 Å². The fraction of sp³-hybridized carbons (Fsp3) is 0.467. The molecule has 0 atom stereocenters. The van der Waals surface area contributed by atoms with Crippen LogP contribution in [0, 0.1) is 5.41 Å². The summed E-state index contributed by atoms with van der Waals surface area (Å²) in [4.78, 5) is 23.6. The van der Waals surface area contributed by atoms with Crippen molar-refractivity contribution in [1.82, 2.24) is 0 Å². The standard InChI is InChI=1S/C15H20O5/c1-15(2,3)13(16)9-20-14(17)10-6-11(18-4)8-12(7-10)19-5/h6-8H,9H2,1-5H3. The Labute approximate surface area is 118 Å². The summed E-state index contributed by atoms with van der Waals surface area (Å²) in [7, 11) is 2.99. The summed E-state index contributed by atoms with van der Waals surface area (Å²) in [5.41, 5.74) is -0.255. The molecule has 0 bridgehead atoms. The van der Waals surface area contributed by atoms with Gasteiger partial charge in [0, 0.05) is 11.5 Å². The van der Waals surface area contributed by atoms with Crippen LogP contribution >= 0.6 is 0 Å². The SMILES string of the molecule is COc1cc(OC)cc(C(=O)OCC(=O)C(C)(C)C)c1. The van der Waals surface area contributed by atoms with Crippen LogP contribution in [-0.4, -0.2) is 32.6 Å². The van der Waals surface area contributed by atoms with Crippen molar-refractivity contribution in [3.05, 3.63) is 23.8 Å². The average Bonchev–Trinajstić information content (AvgIpc) is 2.42. The number of carbonyl (C=O) groups is 2. The Bertz CT molecular complexity index is 477. The van der Waals surface area contributed by atoms with Gasteiger partial charge in [0.1, 0.15) is 11.5 Å². The average molecular weight is 280 g/mol. The van der Waals surface area contributed by atoms with E-state index in [1.54, 1.807) is 26.8 Å². The number of Topliss-reactive ketones (excluding diaryl/α,β-unsaturated/α-hetero) is 1. The summed E-state index contributed by atoms with van der Waals surface area (Å²) < 4.78 is 15.2. The Morgan fingerprint density at radius 2 is 1.50 bits per heavy atom. The van der Waals surface area contributed by atoms with Gasteiger partial charge in [-0.3, -0.25) is 4.79 Å². The van der Waals surface area contributed by atoms with Crippen LogP contribution in [0.3, 0.4) is 0 Å². The van der Waals surface area contributed by atoms with Gasteiger partial charge in [0.15, 0.2) is 12.4 Å². The quantitative estimate of drug-likeness (QED) is 0.775. The van der Waals surface area contributed by atoms with E-state index in [1.807, 2.05) is 0 Å². The Morgan fingerprint density at radius 3 is 1.90 bits per heavy atom. The van der Waals surface area contributed by atoms with Gasteiger partial charge < -0.3 is 14.2 Å². The third-order valence-corrected chi connectivity index (χ3v) is 2.76. The summed E-state index contributed by atoms with van der Waals surface area (Å²) in [6.45, 7) is 5.08. The Kier molecular flexibility index (Phi) is 5.13. The van der Waals surface area contributed by atoms with Gasteiger partial charge in [-0.05, 0) is 12.1 Å². The van der Waals surface area contributed by atoms with E-state index >= 15 is 0 Å². The first-order valence-electron chi connectivity index (χ1n) is 6.21. The van der Waals surface area contributed by atoms with Gasteiger partial charge in [-0.25, -0.2) is 4.79 Å². The van der Waals surface area contributed by atoms with Crippen molar-refractivity contribution in [2.24, 2.45) is 5.41 Å². The topological polar surface area (TPSA) is 61.8 Å². The van der Waals surface area contributed by atoms with Gasteiger partial charge in [0.2, 0.25) is 0 Å². The van der Waals surface area contributed by atoms with Crippen molar-refractivity contribution >= 4 is 11.8 Å². The molecule has 20 heavy (non-hydrogen) atoms.